The van der Waals surface area contributed by atoms with E-state index < -0.39 is 0 Å². The molecule has 0 aromatic carbocycles. The zero-order valence-corrected chi connectivity index (χ0v) is 10.6. The van der Waals surface area contributed by atoms with Crippen LogP contribution in [0.25, 0.3) is 0 Å². The van der Waals surface area contributed by atoms with Gasteiger partial charge in [0.2, 0.25) is 5.88 Å². The molecule has 98 valence electrons. The van der Waals surface area contributed by atoms with Gasteiger partial charge < -0.3 is 14.8 Å². The molecule has 0 spiro atoms. The van der Waals surface area contributed by atoms with Crippen molar-refractivity contribution in [2.75, 3.05) is 18.5 Å². The second kappa shape index (κ2) is 5.10. The SMILES string of the molecule is CCOc1cc(NC2CCOC2C2CC2)ncn1. The quantitative estimate of drug-likeness (QED) is 0.863. The highest BCUT2D eigenvalue weighted by molar-refractivity contribution is 5.38. The van der Waals surface area contributed by atoms with Crippen LogP contribution < -0.4 is 10.1 Å². The van der Waals surface area contributed by atoms with E-state index in [1.807, 2.05) is 13.0 Å². The molecule has 1 saturated carbocycles. The van der Waals surface area contributed by atoms with Crippen LogP contribution in [0, 0.1) is 5.92 Å². The number of nitrogens with zero attached hydrogens (tertiary/aromatic N) is 2. The van der Waals surface area contributed by atoms with Crippen molar-refractivity contribution in [2.45, 2.75) is 38.3 Å². The zero-order valence-electron chi connectivity index (χ0n) is 10.6. The number of aromatic nitrogens is 2. The maximum Gasteiger partial charge on any atom is 0.218 e. The molecule has 0 radical (unpaired) electrons. The maximum absolute atomic E-state index is 5.80. The normalized spacial score (nSPS) is 27.2. The molecule has 5 nitrogen and oxygen atoms in total. The number of anilines is 1. The van der Waals surface area contributed by atoms with E-state index in [4.69, 9.17) is 9.47 Å². The summed E-state index contributed by atoms with van der Waals surface area (Å²) in [6.07, 6.45) is 5.55. The Balaban J connectivity index is 1.65. The van der Waals surface area contributed by atoms with Crippen molar-refractivity contribution in [1.29, 1.82) is 0 Å². The van der Waals surface area contributed by atoms with Crippen LogP contribution in [-0.4, -0.2) is 35.3 Å². The average Bonchev–Trinajstić information content (AvgIpc) is 3.12. The lowest BCUT2D eigenvalue weighted by Crippen LogP contribution is -2.31. The molecule has 18 heavy (non-hydrogen) atoms. The van der Waals surface area contributed by atoms with Crippen molar-refractivity contribution in [3.05, 3.63) is 12.4 Å². The molecule has 1 aromatic rings. The summed E-state index contributed by atoms with van der Waals surface area (Å²) in [7, 11) is 0. The number of hydrogen-bond donors (Lipinski definition) is 1. The van der Waals surface area contributed by atoms with E-state index in [1.165, 1.54) is 19.2 Å². The van der Waals surface area contributed by atoms with E-state index in [0.717, 1.165) is 24.8 Å². The molecular weight excluding hydrogens is 230 g/mol. The van der Waals surface area contributed by atoms with Crippen LogP contribution in [0.2, 0.25) is 0 Å². The molecule has 2 heterocycles. The Kier molecular flexibility index (Phi) is 3.32. The minimum Gasteiger partial charge on any atom is -0.478 e. The minimum absolute atomic E-state index is 0.357. The predicted octanol–water partition coefficient (Wildman–Crippen LogP) is 1.85. The van der Waals surface area contributed by atoms with Crippen molar-refractivity contribution in [2.24, 2.45) is 5.92 Å². The van der Waals surface area contributed by atoms with Crippen molar-refractivity contribution >= 4 is 5.82 Å². The second-order valence-corrected chi connectivity index (χ2v) is 4.89. The molecule has 3 rings (SSSR count). The minimum atomic E-state index is 0.357. The van der Waals surface area contributed by atoms with Crippen LogP contribution in [0.15, 0.2) is 12.4 Å². The lowest BCUT2D eigenvalue weighted by Gasteiger charge is -2.20. The maximum atomic E-state index is 5.80. The molecule has 2 atom stereocenters. The summed E-state index contributed by atoms with van der Waals surface area (Å²) >= 11 is 0. The molecule has 1 saturated heterocycles. The first kappa shape index (κ1) is 11.7. The van der Waals surface area contributed by atoms with Crippen LogP contribution in [0.1, 0.15) is 26.2 Å². The Labute approximate surface area is 107 Å². The third kappa shape index (κ3) is 2.56. The summed E-state index contributed by atoms with van der Waals surface area (Å²) in [6, 6.07) is 2.23. The van der Waals surface area contributed by atoms with Gasteiger partial charge in [0.05, 0.1) is 18.8 Å². The molecule has 1 aliphatic heterocycles. The van der Waals surface area contributed by atoms with Gasteiger partial charge >= 0.3 is 0 Å². The number of ether oxygens (including phenoxy) is 2. The Morgan fingerprint density at radius 2 is 2.28 bits per heavy atom. The van der Waals surface area contributed by atoms with E-state index in [0.29, 0.717) is 24.6 Å². The molecule has 1 N–H and O–H groups in total. The van der Waals surface area contributed by atoms with E-state index >= 15 is 0 Å². The van der Waals surface area contributed by atoms with Gasteiger partial charge in [0.1, 0.15) is 12.1 Å². The van der Waals surface area contributed by atoms with Crippen molar-refractivity contribution in [3.8, 4) is 5.88 Å². The van der Waals surface area contributed by atoms with Crippen LogP contribution in [0.3, 0.4) is 0 Å². The number of rotatable bonds is 5. The highest BCUT2D eigenvalue weighted by atomic mass is 16.5. The van der Waals surface area contributed by atoms with Gasteiger partial charge in [0.25, 0.3) is 0 Å². The molecule has 0 bridgehead atoms. The lowest BCUT2D eigenvalue weighted by molar-refractivity contribution is 0.0898. The first-order valence-electron chi connectivity index (χ1n) is 6.70. The van der Waals surface area contributed by atoms with Gasteiger partial charge in [0, 0.05) is 12.7 Å². The fraction of sp³-hybridized carbons (Fsp3) is 0.692. The standard InChI is InChI=1S/C13H19N3O2/c1-2-17-12-7-11(14-8-15-12)16-10-5-6-18-13(10)9-3-4-9/h7-10,13H,2-6H2,1H3,(H,14,15,16). The Bertz CT molecular complexity index is 409. The first-order valence-corrected chi connectivity index (χ1v) is 6.70. The molecule has 0 amide bonds. The van der Waals surface area contributed by atoms with Gasteiger partial charge in [-0.05, 0) is 32.1 Å². The topological polar surface area (TPSA) is 56.3 Å². The van der Waals surface area contributed by atoms with Crippen molar-refractivity contribution < 1.29 is 9.47 Å². The fourth-order valence-electron chi connectivity index (χ4n) is 2.49. The Morgan fingerprint density at radius 3 is 3.06 bits per heavy atom. The number of nitrogens with one attached hydrogen (secondary N) is 1. The van der Waals surface area contributed by atoms with Crippen LogP contribution >= 0.6 is 0 Å². The smallest absolute Gasteiger partial charge is 0.218 e. The number of hydrogen-bond acceptors (Lipinski definition) is 5. The van der Waals surface area contributed by atoms with E-state index in [2.05, 4.69) is 15.3 Å². The lowest BCUT2D eigenvalue weighted by atomic mass is 10.1. The zero-order chi connectivity index (χ0) is 12.4. The van der Waals surface area contributed by atoms with E-state index in [1.54, 1.807) is 0 Å². The average molecular weight is 249 g/mol. The highest BCUT2D eigenvalue weighted by Gasteiger charge is 2.40. The fourth-order valence-corrected chi connectivity index (χ4v) is 2.49. The van der Waals surface area contributed by atoms with Gasteiger partial charge in [-0.3, -0.25) is 0 Å². The summed E-state index contributed by atoms with van der Waals surface area (Å²) in [6.45, 7) is 3.42. The third-order valence-electron chi connectivity index (χ3n) is 3.49. The summed E-state index contributed by atoms with van der Waals surface area (Å²) in [5.74, 6) is 2.20. The van der Waals surface area contributed by atoms with Crippen molar-refractivity contribution in [3.63, 3.8) is 0 Å². The van der Waals surface area contributed by atoms with E-state index in [9.17, 15) is 0 Å². The van der Waals surface area contributed by atoms with Crippen molar-refractivity contribution in [1.82, 2.24) is 9.97 Å². The van der Waals surface area contributed by atoms with Crippen LogP contribution in [0.4, 0.5) is 5.82 Å². The summed E-state index contributed by atoms with van der Waals surface area (Å²) in [5, 5.41) is 3.45. The summed E-state index contributed by atoms with van der Waals surface area (Å²) in [4.78, 5) is 8.31. The monoisotopic (exact) mass is 249 g/mol. The van der Waals surface area contributed by atoms with Gasteiger partial charge in [-0.15, -0.1) is 0 Å². The molecule has 1 aromatic heterocycles. The summed E-state index contributed by atoms with van der Waals surface area (Å²) < 4.78 is 11.2. The summed E-state index contributed by atoms with van der Waals surface area (Å²) in [5.41, 5.74) is 0. The molecular formula is C13H19N3O2. The second-order valence-electron chi connectivity index (χ2n) is 4.89. The van der Waals surface area contributed by atoms with Gasteiger partial charge in [-0.25, -0.2) is 9.97 Å². The molecule has 1 aliphatic carbocycles. The molecule has 2 fully saturated rings. The molecule has 2 aliphatic rings. The Hall–Kier alpha value is -1.36. The van der Waals surface area contributed by atoms with Crippen LogP contribution in [0.5, 0.6) is 5.88 Å². The largest absolute Gasteiger partial charge is 0.478 e. The first-order chi connectivity index (χ1) is 8.86. The Morgan fingerprint density at radius 1 is 1.39 bits per heavy atom. The van der Waals surface area contributed by atoms with Crippen LogP contribution in [-0.2, 0) is 4.74 Å². The van der Waals surface area contributed by atoms with Gasteiger partial charge in [-0.2, -0.15) is 0 Å². The van der Waals surface area contributed by atoms with Gasteiger partial charge in [-0.1, -0.05) is 0 Å². The van der Waals surface area contributed by atoms with E-state index in [-0.39, 0.29) is 0 Å². The predicted molar refractivity (Wildman–Crippen MR) is 67.7 cm³/mol. The highest BCUT2D eigenvalue weighted by Crippen LogP contribution is 2.39. The molecule has 5 heteroatoms. The van der Waals surface area contributed by atoms with Gasteiger partial charge in [0.15, 0.2) is 0 Å². The molecule has 2 unspecified atom stereocenters. The third-order valence-corrected chi connectivity index (χ3v) is 3.49.